The van der Waals surface area contributed by atoms with E-state index in [1.165, 1.54) is 23.5 Å². The summed E-state index contributed by atoms with van der Waals surface area (Å²) in [4.78, 5) is 28.0. The van der Waals surface area contributed by atoms with Crippen LogP contribution in [0.4, 0.5) is 9.52 Å². The fraction of sp³-hybridized carbons (Fsp3) is 0.211. The molecule has 0 spiro atoms. The lowest BCUT2D eigenvalue weighted by Gasteiger charge is -2.05. The molecule has 5 nitrogen and oxygen atoms in total. The highest BCUT2D eigenvalue weighted by atomic mass is 32.1. The van der Waals surface area contributed by atoms with Crippen molar-refractivity contribution < 1.29 is 18.7 Å². The molecule has 0 saturated carbocycles. The number of nitrogens with zero attached hydrogens (tertiary/aromatic N) is 1. The summed E-state index contributed by atoms with van der Waals surface area (Å²) in [5.74, 6) is -1.24. The van der Waals surface area contributed by atoms with Gasteiger partial charge in [-0.2, -0.15) is 0 Å². The van der Waals surface area contributed by atoms with Crippen molar-refractivity contribution in [1.29, 1.82) is 0 Å². The van der Waals surface area contributed by atoms with Crippen LogP contribution in [0.1, 0.15) is 17.5 Å². The normalized spacial score (nSPS) is 10.7. The number of ether oxygens (including phenoxy) is 1. The molecule has 0 atom stereocenters. The number of aryl methyl sites for hydroxylation is 2. The minimum absolute atomic E-state index is 0.124. The predicted molar refractivity (Wildman–Crippen MR) is 98.7 cm³/mol. The fourth-order valence-electron chi connectivity index (χ4n) is 2.36. The van der Waals surface area contributed by atoms with Gasteiger partial charge in [-0.15, -0.1) is 0 Å². The van der Waals surface area contributed by atoms with Gasteiger partial charge in [-0.3, -0.25) is 14.9 Å². The number of halogens is 1. The molecular formula is C19H17FN2O3S. The Balaban J connectivity index is 1.45. The first kappa shape index (κ1) is 18.0. The number of carbonyl (C=O) groups is 2. The molecule has 1 amide bonds. The zero-order chi connectivity index (χ0) is 18.5. The van der Waals surface area contributed by atoms with Gasteiger partial charge in [0, 0.05) is 6.42 Å². The van der Waals surface area contributed by atoms with Crippen molar-refractivity contribution in [2.45, 2.75) is 19.8 Å². The standard InChI is InChI=1S/C19H17FN2O3S/c1-12-2-8-15-16(10-12)26-19(21-15)22-17(23)11-25-18(24)9-5-13-3-6-14(20)7-4-13/h2-4,6-8,10H,5,9,11H2,1H3,(H,21,22,23). The number of hydrogen-bond donors (Lipinski definition) is 1. The lowest BCUT2D eigenvalue weighted by Crippen LogP contribution is -2.20. The summed E-state index contributed by atoms with van der Waals surface area (Å²) >= 11 is 1.37. The van der Waals surface area contributed by atoms with Crippen LogP contribution in [-0.2, 0) is 20.7 Å². The highest BCUT2D eigenvalue weighted by Gasteiger charge is 2.11. The number of esters is 1. The SMILES string of the molecule is Cc1ccc2nc(NC(=O)COC(=O)CCc3ccc(F)cc3)sc2c1. The van der Waals surface area contributed by atoms with E-state index in [9.17, 15) is 14.0 Å². The quantitative estimate of drug-likeness (QED) is 0.667. The highest BCUT2D eigenvalue weighted by molar-refractivity contribution is 7.22. The lowest BCUT2D eigenvalue weighted by molar-refractivity contribution is -0.147. The van der Waals surface area contributed by atoms with Crippen molar-refractivity contribution in [2.75, 3.05) is 11.9 Å². The number of nitrogens with one attached hydrogen (secondary N) is 1. The molecule has 26 heavy (non-hydrogen) atoms. The van der Waals surface area contributed by atoms with Crippen LogP contribution < -0.4 is 5.32 Å². The topological polar surface area (TPSA) is 68.3 Å². The van der Waals surface area contributed by atoms with E-state index >= 15 is 0 Å². The number of carbonyl (C=O) groups excluding carboxylic acids is 2. The Morgan fingerprint density at radius 2 is 1.96 bits per heavy atom. The molecule has 1 N–H and O–H groups in total. The van der Waals surface area contributed by atoms with Crippen LogP contribution in [0.15, 0.2) is 42.5 Å². The zero-order valence-electron chi connectivity index (χ0n) is 14.1. The Kier molecular flexibility index (Phi) is 5.58. The van der Waals surface area contributed by atoms with Gasteiger partial charge in [0.05, 0.1) is 10.2 Å². The molecule has 1 heterocycles. The first-order valence-corrected chi connectivity index (χ1v) is 8.88. The fourth-order valence-corrected chi connectivity index (χ4v) is 3.34. The molecule has 7 heteroatoms. The van der Waals surface area contributed by atoms with Crippen LogP contribution in [-0.4, -0.2) is 23.5 Å². The maximum absolute atomic E-state index is 12.8. The minimum Gasteiger partial charge on any atom is -0.456 e. The van der Waals surface area contributed by atoms with E-state index < -0.39 is 11.9 Å². The van der Waals surface area contributed by atoms with E-state index in [1.807, 2.05) is 25.1 Å². The third-order valence-electron chi connectivity index (χ3n) is 3.69. The molecule has 0 aliphatic rings. The summed E-state index contributed by atoms with van der Waals surface area (Å²) in [5.41, 5.74) is 2.76. The molecule has 1 aromatic heterocycles. The van der Waals surface area contributed by atoms with Gasteiger partial charge < -0.3 is 4.74 Å². The third-order valence-corrected chi connectivity index (χ3v) is 4.62. The zero-order valence-corrected chi connectivity index (χ0v) is 14.9. The molecule has 0 unspecified atom stereocenters. The summed E-state index contributed by atoms with van der Waals surface area (Å²) in [7, 11) is 0. The predicted octanol–water partition coefficient (Wildman–Crippen LogP) is 3.86. The molecule has 0 saturated heterocycles. The van der Waals surface area contributed by atoms with E-state index in [-0.39, 0.29) is 18.8 Å². The first-order valence-electron chi connectivity index (χ1n) is 8.07. The Morgan fingerprint density at radius 1 is 1.19 bits per heavy atom. The number of benzene rings is 2. The third kappa shape index (κ3) is 4.86. The van der Waals surface area contributed by atoms with Crippen molar-refractivity contribution in [3.05, 3.63) is 59.4 Å². The van der Waals surface area contributed by atoms with Crippen molar-refractivity contribution in [2.24, 2.45) is 0 Å². The number of thiazole rings is 1. The van der Waals surface area contributed by atoms with Crippen LogP contribution in [0.3, 0.4) is 0 Å². The molecule has 3 rings (SSSR count). The Morgan fingerprint density at radius 3 is 2.73 bits per heavy atom. The smallest absolute Gasteiger partial charge is 0.306 e. The Hall–Kier alpha value is -2.80. The van der Waals surface area contributed by atoms with Gasteiger partial charge >= 0.3 is 5.97 Å². The molecule has 134 valence electrons. The van der Waals surface area contributed by atoms with Crippen LogP contribution in [0.5, 0.6) is 0 Å². The summed E-state index contributed by atoms with van der Waals surface area (Å²) in [6.45, 7) is 1.63. The Bertz CT molecular complexity index is 938. The van der Waals surface area contributed by atoms with Crippen molar-refractivity contribution in [3.63, 3.8) is 0 Å². The van der Waals surface area contributed by atoms with Crippen LogP contribution in [0.2, 0.25) is 0 Å². The van der Waals surface area contributed by atoms with Crippen molar-refractivity contribution in [3.8, 4) is 0 Å². The second kappa shape index (κ2) is 8.05. The summed E-state index contributed by atoms with van der Waals surface area (Å²) < 4.78 is 18.8. The number of hydrogen-bond acceptors (Lipinski definition) is 5. The summed E-state index contributed by atoms with van der Waals surface area (Å²) in [6, 6.07) is 11.8. The second-order valence-corrected chi connectivity index (χ2v) is 6.86. The molecule has 0 fully saturated rings. The molecule has 3 aromatic rings. The van der Waals surface area contributed by atoms with Gasteiger partial charge in [0.15, 0.2) is 11.7 Å². The molecule has 0 bridgehead atoms. The number of amides is 1. The van der Waals surface area contributed by atoms with E-state index in [0.29, 0.717) is 11.6 Å². The second-order valence-electron chi connectivity index (χ2n) is 5.83. The Labute approximate surface area is 153 Å². The number of anilines is 1. The monoisotopic (exact) mass is 372 g/mol. The van der Waals surface area contributed by atoms with Crippen molar-refractivity contribution >= 4 is 38.6 Å². The first-order chi connectivity index (χ1) is 12.5. The lowest BCUT2D eigenvalue weighted by atomic mass is 10.1. The van der Waals surface area contributed by atoms with Crippen LogP contribution in [0.25, 0.3) is 10.2 Å². The molecular weight excluding hydrogens is 355 g/mol. The molecule has 0 radical (unpaired) electrons. The summed E-state index contributed by atoms with van der Waals surface area (Å²) in [5, 5.41) is 3.11. The van der Waals surface area contributed by atoms with Gasteiger partial charge in [0.25, 0.3) is 5.91 Å². The maximum atomic E-state index is 12.8. The average molecular weight is 372 g/mol. The number of rotatable bonds is 6. The van der Waals surface area contributed by atoms with E-state index in [0.717, 1.165) is 21.3 Å². The van der Waals surface area contributed by atoms with E-state index in [4.69, 9.17) is 4.74 Å². The van der Waals surface area contributed by atoms with Gasteiger partial charge in [-0.25, -0.2) is 9.37 Å². The maximum Gasteiger partial charge on any atom is 0.306 e. The molecule has 2 aromatic carbocycles. The van der Waals surface area contributed by atoms with Crippen LogP contribution >= 0.6 is 11.3 Å². The highest BCUT2D eigenvalue weighted by Crippen LogP contribution is 2.26. The van der Waals surface area contributed by atoms with Crippen molar-refractivity contribution in [1.82, 2.24) is 4.98 Å². The minimum atomic E-state index is -0.482. The van der Waals surface area contributed by atoms with E-state index in [1.54, 1.807) is 12.1 Å². The van der Waals surface area contributed by atoms with Crippen LogP contribution in [0, 0.1) is 12.7 Å². The van der Waals surface area contributed by atoms with Gasteiger partial charge in [0.2, 0.25) is 0 Å². The number of aromatic nitrogens is 1. The van der Waals surface area contributed by atoms with Gasteiger partial charge in [-0.1, -0.05) is 29.5 Å². The molecule has 0 aliphatic carbocycles. The van der Waals surface area contributed by atoms with E-state index in [2.05, 4.69) is 10.3 Å². The number of fused-ring (bicyclic) bond motifs is 1. The van der Waals surface area contributed by atoms with Gasteiger partial charge in [-0.05, 0) is 48.7 Å². The largest absolute Gasteiger partial charge is 0.456 e. The molecule has 0 aliphatic heterocycles. The summed E-state index contributed by atoms with van der Waals surface area (Å²) in [6.07, 6.45) is 0.553. The van der Waals surface area contributed by atoms with Gasteiger partial charge in [0.1, 0.15) is 5.82 Å². The average Bonchev–Trinajstić information content (AvgIpc) is 3.00.